The van der Waals surface area contributed by atoms with E-state index in [1.165, 1.54) is 12.8 Å². The molecule has 1 saturated heterocycles. The van der Waals surface area contributed by atoms with Gasteiger partial charge in [-0.25, -0.2) is 0 Å². The number of carbonyl (C=O) groups is 1. The number of methoxy groups -OCH3 is 1. The Bertz CT molecular complexity index is 600. The molecular weight excluding hydrogens is 342 g/mol. The first-order valence-corrected chi connectivity index (χ1v) is 10.3. The molecule has 1 aliphatic carbocycles. The molecule has 5 heteroatoms. The number of hydrogen-bond donors (Lipinski definition) is 0. The molecule has 0 aromatic heterocycles. The first kappa shape index (κ1) is 20.2. The summed E-state index contributed by atoms with van der Waals surface area (Å²) in [6, 6.07) is 7.90. The Hall–Kier alpha value is -1.59. The van der Waals surface area contributed by atoms with Crippen molar-refractivity contribution < 1.29 is 19.0 Å². The Labute approximate surface area is 163 Å². The molecule has 1 aliphatic heterocycles. The van der Waals surface area contributed by atoms with Gasteiger partial charge >= 0.3 is 0 Å². The Balaban J connectivity index is 1.60. The molecular formula is C22H33NO4. The summed E-state index contributed by atoms with van der Waals surface area (Å²) >= 11 is 0. The van der Waals surface area contributed by atoms with Gasteiger partial charge in [0.2, 0.25) is 5.91 Å². The molecule has 27 heavy (non-hydrogen) atoms. The van der Waals surface area contributed by atoms with Crippen LogP contribution in [0.3, 0.4) is 0 Å². The summed E-state index contributed by atoms with van der Waals surface area (Å²) in [5.74, 6) is 1.55. The highest BCUT2D eigenvalue weighted by atomic mass is 16.5. The lowest BCUT2D eigenvalue weighted by Crippen LogP contribution is -2.40. The lowest BCUT2D eigenvalue weighted by Gasteiger charge is -2.29. The minimum absolute atomic E-state index is 0.0477. The molecule has 3 atom stereocenters. The van der Waals surface area contributed by atoms with Crippen LogP contribution in [0.5, 0.6) is 5.75 Å². The SMILES string of the molecule is COc1cccc(CN(CC2CCCO2)C(=O)COC2CCCC(C)C2)c1. The summed E-state index contributed by atoms with van der Waals surface area (Å²) in [7, 11) is 1.66. The Kier molecular flexibility index (Phi) is 7.53. The topological polar surface area (TPSA) is 48.0 Å². The third-order valence-corrected chi connectivity index (χ3v) is 5.64. The molecule has 5 nitrogen and oxygen atoms in total. The van der Waals surface area contributed by atoms with Gasteiger partial charge in [-0.1, -0.05) is 31.9 Å². The average molecular weight is 376 g/mol. The highest BCUT2D eigenvalue weighted by Crippen LogP contribution is 2.26. The summed E-state index contributed by atoms with van der Waals surface area (Å²) in [6.07, 6.45) is 7.05. The van der Waals surface area contributed by atoms with E-state index in [0.717, 1.165) is 43.6 Å². The zero-order valence-corrected chi connectivity index (χ0v) is 16.7. The third-order valence-electron chi connectivity index (χ3n) is 5.64. The van der Waals surface area contributed by atoms with Crippen molar-refractivity contribution in [3.8, 4) is 5.75 Å². The van der Waals surface area contributed by atoms with Gasteiger partial charge in [0.25, 0.3) is 0 Å². The van der Waals surface area contributed by atoms with Gasteiger partial charge in [-0.2, -0.15) is 0 Å². The van der Waals surface area contributed by atoms with Crippen LogP contribution in [-0.2, 0) is 20.8 Å². The molecule has 1 aromatic rings. The molecule has 1 heterocycles. The maximum atomic E-state index is 12.9. The van der Waals surface area contributed by atoms with E-state index in [2.05, 4.69) is 6.92 Å². The van der Waals surface area contributed by atoms with Crippen LogP contribution < -0.4 is 4.74 Å². The summed E-state index contributed by atoms with van der Waals surface area (Å²) in [4.78, 5) is 14.8. The molecule has 0 radical (unpaired) electrons. The van der Waals surface area contributed by atoms with Crippen molar-refractivity contribution in [3.05, 3.63) is 29.8 Å². The van der Waals surface area contributed by atoms with Crippen molar-refractivity contribution in [2.75, 3.05) is 26.9 Å². The maximum absolute atomic E-state index is 12.9. The van der Waals surface area contributed by atoms with E-state index in [0.29, 0.717) is 19.0 Å². The van der Waals surface area contributed by atoms with Crippen LogP contribution in [0.15, 0.2) is 24.3 Å². The summed E-state index contributed by atoms with van der Waals surface area (Å²) in [5, 5.41) is 0. The number of carbonyl (C=O) groups excluding carboxylic acids is 1. The van der Waals surface area contributed by atoms with Gasteiger partial charge in [-0.15, -0.1) is 0 Å². The van der Waals surface area contributed by atoms with Gasteiger partial charge in [0.1, 0.15) is 12.4 Å². The van der Waals surface area contributed by atoms with Crippen LogP contribution in [0.2, 0.25) is 0 Å². The van der Waals surface area contributed by atoms with Crippen molar-refractivity contribution in [1.29, 1.82) is 0 Å². The minimum atomic E-state index is 0.0477. The highest BCUT2D eigenvalue weighted by molar-refractivity contribution is 5.77. The minimum Gasteiger partial charge on any atom is -0.497 e. The van der Waals surface area contributed by atoms with Gasteiger partial charge in [-0.3, -0.25) is 4.79 Å². The molecule has 0 N–H and O–H groups in total. The molecule has 2 aliphatic rings. The second-order valence-electron chi connectivity index (χ2n) is 7.97. The zero-order chi connectivity index (χ0) is 19.1. The molecule has 3 rings (SSSR count). The largest absolute Gasteiger partial charge is 0.497 e. The molecule has 1 amide bonds. The second kappa shape index (κ2) is 10.1. The molecule has 1 aromatic carbocycles. The summed E-state index contributed by atoms with van der Waals surface area (Å²) in [6.45, 7) is 4.40. The van der Waals surface area contributed by atoms with Gasteiger partial charge < -0.3 is 19.1 Å². The van der Waals surface area contributed by atoms with Crippen molar-refractivity contribution in [2.45, 2.75) is 64.2 Å². The van der Waals surface area contributed by atoms with Crippen molar-refractivity contribution in [2.24, 2.45) is 5.92 Å². The molecule has 0 bridgehead atoms. The molecule has 1 saturated carbocycles. The average Bonchev–Trinajstić information content (AvgIpc) is 3.19. The molecule has 2 fully saturated rings. The van der Waals surface area contributed by atoms with Crippen molar-refractivity contribution in [1.82, 2.24) is 4.90 Å². The monoisotopic (exact) mass is 375 g/mol. The predicted octanol–water partition coefficient (Wildman–Crippen LogP) is 3.80. The van der Waals surface area contributed by atoms with Crippen LogP contribution in [0, 0.1) is 5.92 Å². The number of nitrogens with zero attached hydrogens (tertiary/aromatic N) is 1. The maximum Gasteiger partial charge on any atom is 0.248 e. The van der Waals surface area contributed by atoms with Crippen LogP contribution in [0.1, 0.15) is 51.0 Å². The number of rotatable bonds is 8. The van der Waals surface area contributed by atoms with E-state index >= 15 is 0 Å². The van der Waals surface area contributed by atoms with E-state index < -0.39 is 0 Å². The fourth-order valence-electron chi connectivity index (χ4n) is 4.09. The second-order valence-corrected chi connectivity index (χ2v) is 7.97. The first-order chi connectivity index (χ1) is 13.1. The number of ether oxygens (including phenoxy) is 3. The third kappa shape index (κ3) is 6.22. The van der Waals surface area contributed by atoms with E-state index in [9.17, 15) is 4.79 Å². The number of hydrogen-bond acceptors (Lipinski definition) is 4. The van der Waals surface area contributed by atoms with Crippen LogP contribution in [-0.4, -0.2) is 49.9 Å². The lowest BCUT2D eigenvalue weighted by molar-refractivity contribution is -0.141. The Morgan fingerprint density at radius 1 is 1.26 bits per heavy atom. The van der Waals surface area contributed by atoms with Crippen LogP contribution >= 0.6 is 0 Å². The smallest absolute Gasteiger partial charge is 0.248 e. The summed E-state index contributed by atoms with van der Waals surface area (Å²) in [5.41, 5.74) is 1.06. The van der Waals surface area contributed by atoms with E-state index in [-0.39, 0.29) is 24.7 Å². The number of benzene rings is 1. The Morgan fingerprint density at radius 3 is 2.89 bits per heavy atom. The fourth-order valence-corrected chi connectivity index (χ4v) is 4.09. The van der Waals surface area contributed by atoms with Gasteiger partial charge in [0.15, 0.2) is 0 Å². The summed E-state index contributed by atoms with van der Waals surface area (Å²) < 4.78 is 17.1. The van der Waals surface area contributed by atoms with E-state index in [4.69, 9.17) is 14.2 Å². The standard InChI is InChI=1S/C22H33NO4/c1-17-6-3-9-20(12-17)27-16-22(24)23(15-21-10-5-11-26-21)14-18-7-4-8-19(13-18)25-2/h4,7-8,13,17,20-21H,3,5-6,9-12,14-16H2,1-2H3. The molecule has 0 spiro atoms. The number of amides is 1. The van der Waals surface area contributed by atoms with Crippen molar-refractivity contribution in [3.63, 3.8) is 0 Å². The Morgan fingerprint density at radius 2 is 2.15 bits per heavy atom. The lowest BCUT2D eigenvalue weighted by atomic mass is 9.89. The predicted molar refractivity (Wildman–Crippen MR) is 105 cm³/mol. The normalized spacial score (nSPS) is 25.3. The van der Waals surface area contributed by atoms with Crippen LogP contribution in [0.4, 0.5) is 0 Å². The van der Waals surface area contributed by atoms with Crippen molar-refractivity contribution >= 4 is 5.91 Å². The van der Waals surface area contributed by atoms with Gasteiger partial charge in [-0.05, 0) is 49.3 Å². The molecule has 150 valence electrons. The van der Waals surface area contributed by atoms with Crippen LogP contribution in [0.25, 0.3) is 0 Å². The van der Waals surface area contributed by atoms with Gasteiger partial charge in [0, 0.05) is 19.7 Å². The van der Waals surface area contributed by atoms with E-state index in [1.54, 1.807) is 7.11 Å². The van der Waals surface area contributed by atoms with E-state index in [1.807, 2.05) is 29.2 Å². The quantitative estimate of drug-likeness (QED) is 0.693. The fraction of sp³-hybridized carbons (Fsp3) is 0.682. The van der Waals surface area contributed by atoms with Gasteiger partial charge in [0.05, 0.1) is 19.3 Å². The highest BCUT2D eigenvalue weighted by Gasteiger charge is 2.25. The molecule has 3 unspecified atom stereocenters. The zero-order valence-electron chi connectivity index (χ0n) is 16.7. The first-order valence-electron chi connectivity index (χ1n) is 10.3.